The SMILES string of the molecule is CC(C)C(CNC1CC1)n1cccn1. The van der Waals surface area contributed by atoms with E-state index in [1.54, 1.807) is 0 Å². The predicted octanol–water partition coefficient (Wildman–Crippen LogP) is 1.83. The molecule has 0 aliphatic heterocycles. The molecule has 0 saturated heterocycles. The molecule has 0 bridgehead atoms. The van der Waals surface area contributed by atoms with Gasteiger partial charge in [0, 0.05) is 25.0 Å². The third-order valence-corrected chi connectivity index (χ3v) is 2.83. The molecule has 3 heteroatoms. The van der Waals surface area contributed by atoms with E-state index in [0.29, 0.717) is 12.0 Å². The normalized spacial score (nSPS) is 18.8. The molecule has 0 amide bonds. The molecule has 0 spiro atoms. The Kier molecular flexibility index (Phi) is 2.87. The van der Waals surface area contributed by atoms with Gasteiger partial charge in [-0.3, -0.25) is 4.68 Å². The van der Waals surface area contributed by atoms with E-state index in [4.69, 9.17) is 0 Å². The van der Waals surface area contributed by atoms with E-state index in [9.17, 15) is 0 Å². The van der Waals surface area contributed by atoms with Crippen molar-refractivity contribution in [1.82, 2.24) is 15.1 Å². The van der Waals surface area contributed by atoms with E-state index in [2.05, 4.69) is 35.1 Å². The minimum absolute atomic E-state index is 0.491. The number of hydrogen-bond acceptors (Lipinski definition) is 2. The lowest BCUT2D eigenvalue weighted by atomic mass is 10.0. The van der Waals surface area contributed by atoms with Crippen LogP contribution in [0.15, 0.2) is 18.5 Å². The lowest BCUT2D eigenvalue weighted by Gasteiger charge is -2.21. The van der Waals surface area contributed by atoms with Crippen LogP contribution < -0.4 is 5.32 Å². The van der Waals surface area contributed by atoms with Gasteiger partial charge in [0.2, 0.25) is 0 Å². The van der Waals surface area contributed by atoms with E-state index in [1.165, 1.54) is 12.8 Å². The molecule has 14 heavy (non-hydrogen) atoms. The molecule has 1 fully saturated rings. The molecule has 3 nitrogen and oxygen atoms in total. The summed E-state index contributed by atoms with van der Waals surface area (Å²) < 4.78 is 2.07. The van der Waals surface area contributed by atoms with Crippen molar-refractivity contribution in [3.8, 4) is 0 Å². The lowest BCUT2D eigenvalue weighted by Crippen LogP contribution is -2.30. The quantitative estimate of drug-likeness (QED) is 0.773. The molecule has 1 unspecified atom stereocenters. The lowest BCUT2D eigenvalue weighted by molar-refractivity contribution is 0.329. The van der Waals surface area contributed by atoms with Crippen molar-refractivity contribution >= 4 is 0 Å². The first kappa shape index (κ1) is 9.71. The van der Waals surface area contributed by atoms with Gasteiger partial charge < -0.3 is 5.32 Å². The zero-order valence-corrected chi connectivity index (χ0v) is 8.98. The minimum Gasteiger partial charge on any atom is -0.312 e. The van der Waals surface area contributed by atoms with Crippen molar-refractivity contribution in [2.24, 2.45) is 5.92 Å². The molecule has 1 saturated carbocycles. The average molecular weight is 193 g/mol. The standard InChI is InChI=1S/C11H19N3/c1-9(2)11(8-12-10-4-5-10)14-7-3-6-13-14/h3,6-7,9-12H,4-5,8H2,1-2H3. The second-order valence-electron chi connectivity index (χ2n) is 4.48. The summed E-state index contributed by atoms with van der Waals surface area (Å²) >= 11 is 0. The Morgan fingerprint density at radius 1 is 1.50 bits per heavy atom. The maximum atomic E-state index is 4.31. The fourth-order valence-electron chi connectivity index (χ4n) is 1.69. The third-order valence-electron chi connectivity index (χ3n) is 2.83. The second-order valence-corrected chi connectivity index (χ2v) is 4.48. The maximum Gasteiger partial charge on any atom is 0.0666 e. The Bertz CT molecular complexity index is 262. The number of rotatable bonds is 5. The fraction of sp³-hybridized carbons (Fsp3) is 0.727. The Hall–Kier alpha value is -0.830. The highest BCUT2D eigenvalue weighted by atomic mass is 15.3. The highest BCUT2D eigenvalue weighted by Crippen LogP contribution is 2.21. The van der Waals surface area contributed by atoms with Crippen molar-refractivity contribution in [3.05, 3.63) is 18.5 Å². The van der Waals surface area contributed by atoms with Gasteiger partial charge in [-0.05, 0) is 24.8 Å². The molecule has 0 aromatic carbocycles. The van der Waals surface area contributed by atoms with Crippen molar-refractivity contribution in [3.63, 3.8) is 0 Å². The van der Waals surface area contributed by atoms with E-state index in [0.717, 1.165) is 12.6 Å². The maximum absolute atomic E-state index is 4.31. The molecule has 0 radical (unpaired) electrons. The van der Waals surface area contributed by atoms with Crippen LogP contribution >= 0.6 is 0 Å². The van der Waals surface area contributed by atoms with Crippen LogP contribution in [0, 0.1) is 5.92 Å². The van der Waals surface area contributed by atoms with Crippen LogP contribution in [0.25, 0.3) is 0 Å². The van der Waals surface area contributed by atoms with Gasteiger partial charge >= 0.3 is 0 Å². The van der Waals surface area contributed by atoms with Crippen LogP contribution in [0.1, 0.15) is 32.7 Å². The molecule has 1 aromatic heterocycles. The van der Waals surface area contributed by atoms with E-state index in [1.807, 2.05) is 12.3 Å². The van der Waals surface area contributed by atoms with E-state index in [-0.39, 0.29) is 0 Å². The molecule has 1 atom stereocenters. The summed E-state index contributed by atoms with van der Waals surface area (Å²) in [5.41, 5.74) is 0. The summed E-state index contributed by atoms with van der Waals surface area (Å²) in [6, 6.07) is 3.27. The molecular formula is C11H19N3. The molecule has 1 aliphatic carbocycles. The van der Waals surface area contributed by atoms with Crippen LogP contribution in [-0.2, 0) is 0 Å². The average Bonchev–Trinajstić information content (AvgIpc) is 2.80. The Morgan fingerprint density at radius 2 is 2.29 bits per heavy atom. The summed E-state index contributed by atoms with van der Waals surface area (Å²) in [4.78, 5) is 0. The van der Waals surface area contributed by atoms with Gasteiger partial charge in [-0.15, -0.1) is 0 Å². The van der Waals surface area contributed by atoms with Crippen molar-refractivity contribution in [2.75, 3.05) is 6.54 Å². The van der Waals surface area contributed by atoms with Crippen molar-refractivity contribution < 1.29 is 0 Å². The molecule has 1 aromatic rings. The Labute approximate surface area is 85.5 Å². The zero-order valence-electron chi connectivity index (χ0n) is 8.98. The van der Waals surface area contributed by atoms with Crippen LogP contribution in [0.5, 0.6) is 0 Å². The van der Waals surface area contributed by atoms with E-state index < -0.39 is 0 Å². The molecule has 1 aliphatic rings. The summed E-state index contributed by atoms with van der Waals surface area (Å²) in [7, 11) is 0. The first-order valence-corrected chi connectivity index (χ1v) is 5.50. The smallest absolute Gasteiger partial charge is 0.0666 e. The molecule has 1 heterocycles. The van der Waals surface area contributed by atoms with Gasteiger partial charge in [0.25, 0.3) is 0 Å². The monoisotopic (exact) mass is 193 g/mol. The summed E-state index contributed by atoms with van der Waals surface area (Å²) in [5.74, 6) is 0.626. The van der Waals surface area contributed by atoms with Gasteiger partial charge in [-0.2, -0.15) is 5.10 Å². The largest absolute Gasteiger partial charge is 0.312 e. The van der Waals surface area contributed by atoms with Crippen molar-refractivity contribution in [2.45, 2.75) is 38.8 Å². The third kappa shape index (κ3) is 2.35. The van der Waals surface area contributed by atoms with Gasteiger partial charge in [0.05, 0.1) is 6.04 Å². The number of nitrogens with one attached hydrogen (secondary N) is 1. The molecule has 2 rings (SSSR count). The van der Waals surface area contributed by atoms with Gasteiger partial charge in [-0.25, -0.2) is 0 Å². The summed E-state index contributed by atoms with van der Waals surface area (Å²) in [6.45, 7) is 5.55. The van der Waals surface area contributed by atoms with Gasteiger partial charge in [0.1, 0.15) is 0 Å². The van der Waals surface area contributed by atoms with Crippen LogP contribution in [-0.4, -0.2) is 22.4 Å². The Balaban J connectivity index is 1.92. The van der Waals surface area contributed by atoms with Crippen LogP contribution in [0.4, 0.5) is 0 Å². The molecule has 1 N–H and O–H groups in total. The van der Waals surface area contributed by atoms with Crippen LogP contribution in [0.2, 0.25) is 0 Å². The first-order valence-electron chi connectivity index (χ1n) is 5.50. The Morgan fingerprint density at radius 3 is 2.79 bits per heavy atom. The molecular weight excluding hydrogens is 174 g/mol. The van der Waals surface area contributed by atoms with Gasteiger partial charge in [0.15, 0.2) is 0 Å². The highest BCUT2D eigenvalue weighted by molar-refractivity contribution is 4.87. The van der Waals surface area contributed by atoms with Gasteiger partial charge in [-0.1, -0.05) is 13.8 Å². The minimum atomic E-state index is 0.491. The van der Waals surface area contributed by atoms with Crippen molar-refractivity contribution in [1.29, 1.82) is 0 Å². The van der Waals surface area contributed by atoms with Crippen LogP contribution in [0.3, 0.4) is 0 Å². The number of aromatic nitrogens is 2. The second kappa shape index (κ2) is 4.13. The van der Waals surface area contributed by atoms with E-state index >= 15 is 0 Å². The predicted molar refractivity (Wildman–Crippen MR) is 57.1 cm³/mol. The highest BCUT2D eigenvalue weighted by Gasteiger charge is 2.23. The number of hydrogen-bond donors (Lipinski definition) is 1. The zero-order chi connectivity index (χ0) is 9.97. The topological polar surface area (TPSA) is 29.9 Å². The number of nitrogens with zero attached hydrogens (tertiary/aromatic N) is 2. The fourth-order valence-corrected chi connectivity index (χ4v) is 1.69. The summed E-state index contributed by atoms with van der Waals surface area (Å²) in [6.07, 6.45) is 6.61. The summed E-state index contributed by atoms with van der Waals surface area (Å²) in [5, 5.41) is 7.88. The first-order chi connectivity index (χ1) is 6.77. The molecule has 78 valence electrons.